The Morgan fingerprint density at radius 2 is 2.07 bits per heavy atom. The average Bonchev–Trinajstić information content (AvgIpc) is 2.99. The molecule has 3 heterocycles. The van der Waals surface area contributed by atoms with Crippen molar-refractivity contribution in [2.45, 2.75) is 26.1 Å². The number of ether oxygens (including phenoxy) is 1. The summed E-state index contributed by atoms with van der Waals surface area (Å²) >= 11 is 14.1. The molecule has 0 saturated carbocycles. The predicted molar refractivity (Wildman–Crippen MR) is 106 cm³/mol. The van der Waals surface area contributed by atoms with Gasteiger partial charge in [0, 0.05) is 27.0 Å². The van der Waals surface area contributed by atoms with Gasteiger partial charge in [-0.3, -0.25) is 4.79 Å². The van der Waals surface area contributed by atoms with Gasteiger partial charge in [0.15, 0.2) is 0 Å². The summed E-state index contributed by atoms with van der Waals surface area (Å²) in [6.07, 6.45) is -0.216. The first kappa shape index (κ1) is 18.4. The highest BCUT2D eigenvalue weighted by Crippen LogP contribution is 2.42. The summed E-state index contributed by atoms with van der Waals surface area (Å²) in [5.41, 5.74) is 2.28. The van der Waals surface area contributed by atoms with Gasteiger partial charge < -0.3 is 20.3 Å². The van der Waals surface area contributed by atoms with Crippen molar-refractivity contribution >= 4 is 51.5 Å². The predicted octanol–water partition coefficient (Wildman–Crippen LogP) is 4.42. The molecule has 2 amide bonds. The minimum absolute atomic E-state index is 0.160. The van der Waals surface area contributed by atoms with E-state index in [1.807, 2.05) is 0 Å². The molecule has 9 heteroatoms. The number of hydrogen-bond acceptors (Lipinski definition) is 5. The number of benzene rings is 1. The molecule has 27 heavy (non-hydrogen) atoms. The minimum atomic E-state index is -0.507. The van der Waals surface area contributed by atoms with Crippen molar-refractivity contribution in [2.24, 2.45) is 0 Å². The Bertz CT molecular complexity index is 911. The number of carbonyl (C=O) groups is 2. The maximum atomic E-state index is 12.8. The van der Waals surface area contributed by atoms with Gasteiger partial charge in [-0.25, -0.2) is 4.79 Å². The van der Waals surface area contributed by atoms with Crippen LogP contribution in [0.4, 0.5) is 9.80 Å². The fourth-order valence-corrected chi connectivity index (χ4v) is 5.32. The highest BCUT2D eigenvalue weighted by atomic mass is 35.5. The van der Waals surface area contributed by atoms with Gasteiger partial charge in [-0.15, -0.1) is 11.3 Å². The Balaban J connectivity index is 1.64. The van der Waals surface area contributed by atoms with E-state index < -0.39 is 6.17 Å². The summed E-state index contributed by atoms with van der Waals surface area (Å²) in [6, 6.07) is 5.24. The lowest BCUT2D eigenvalue weighted by molar-refractivity contribution is 0.0934. The number of amides is 2. The molecule has 0 bridgehead atoms. The molecule has 0 spiro atoms. The lowest BCUT2D eigenvalue weighted by Crippen LogP contribution is -2.39. The van der Waals surface area contributed by atoms with Crippen molar-refractivity contribution in [3.8, 4) is 0 Å². The fourth-order valence-electron chi connectivity index (χ4n) is 3.42. The minimum Gasteiger partial charge on any atom is -0.450 e. The first-order chi connectivity index (χ1) is 13.0. The number of nitrogens with one attached hydrogen (secondary N) is 2. The Morgan fingerprint density at radius 3 is 2.78 bits per heavy atom. The maximum absolute atomic E-state index is 12.8. The van der Waals surface area contributed by atoms with E-state index in [9.17, 15) is 9.59 Å². The zero-order valence-corrected chi connectivity index (χ0v) is 16.8. The molecule has 1 atom stereocenters. The summed E-state index contributed by atoms with van der Waals surface area (Å²) in [7, 11) is 0. The molecule has 142 valence electrons. The maximum Gasteiger partial charge on any atom is 0.410 e. The third kappa shape index (κ3) is 3.24. The quantitative estimate of drug-likeness (QED) is 0.746. The molecule has 6 nitrogen and oxygen atoms in total. The Morgan fingerprint density at radius 1 is 1.33 bits per heavy atom. The monoisotopic (exact) mass is 425 g/mol. The molecule has 4 rings (SSSR count). The van der Waals surface area contributed by atoms with Gasteiger partial charge in [0.05, 0.1) is 18.7 Å². The molecular formula is C18H17Cl2N3O3S. The number of halogens is 2. The topological polar surface area (TPSA) is 70.7 Å². The Hall–Kier alpha value is -1.96. The number of nitrogens with zero attached hydrogens (tertiary/aromatic N) is 1. The lowest BCUT2D eigenvalue weighted by Gasteiger charge is -2.29. The van der Waals surface area contributed by atoms with Crippen LogP contribution >= 0.6 is 34.5 Å². The van der Waals surface area contributed by atoms with Crippen molar-refractivity contribution in [1.82, 2.24) is 10.2 Å². The number of carbonyl (C=O) groups excluding carboxylic acids is 2. The second-order valence-electron chi connectivity index (χ2n) is 6.26. The van der Waals surface area contributed by atoms with Crippen LogP contribution in [-0.2, 0) is 17.7 Å². The van der Waals surface area contributed by atoms with Gasteiger partial charge in [0.1, 0.15) is 11.2 Å². The van der Waals surface area contributed by atoms with E-state index >= 15 is 0 Å². The van der Waals surface area contributed by atoms with Gasteiger partial charge >= 0.3 is 6.09 Å². The van der Waals surface area contributed by atoms with Crippen LogP contribution < -0.4 is 10.6 Å². The van der Waals surface area contributed by atoms with E-state index in [4.69, 9.17) is 27.9 Å². The van der Waals surface area contributed by atoms with E-state index in [1.54, 1.807) is 30.0 Å². The van der Waals surface area contributed by atoms with E-state index in [-0.39, 0.29) is 12.0 Å². The zero-order valence-electron chi connectivity index (χ0n) is 14.5. The van der Waals surface area contributed by atoms with E-state index in [1.165, 1.54) is 11.3 Å². The SMILES string of the molecule is CCOC(=O)N1CCc2c(sc3c2C(=O)N[C@@H](c2c(Cl)cccc2Cl)N3)C1. The first-order valence-corrected chi connectivity index (χ1v) is 10.1. The van der Waals surface area contributed by atoms with Crippen LogP contribution in [0.5, 0.6) is 0 Å². The van der Waals surface area contributed by atoms with E-state index in [2.05, 4.69) is 10.6 Å². The van der Waals surface area contributed by atoms with Gasteiger partial charge in [0.25, 0.3) is 5.91 Å². The molecular weight excluding hydrogens is 409 g/mol. The van der Waals surface area contributed by atoms with E-state index in [0.29, 0.717) is 47.3 Å². The molecule has 2 N–H and O–H groups in total. The van der Waals surface area contributed by atoms with Crippen LogP contribution in [0.25, 0.3) is 0 Å². The molecule has 0 unspecified atom stereocenters. The molecule has 0 saturated heterocycles. The van der Waals surface area contributed by atoms with Crippen molar-refractivity contribution < 1.29 is 14.3 Å². The van der Waals surface area contributed by atoms with Crippen LogP contribution in [0.2, 0.25) is 10.0 Å². The summed E-state index contributed by atoms with van der Waals surface area (Å²) in [5, 5.41) is 8.02. The highest BCUT2D eigenvalue weighted by molar-refractivity contribution is 7.16. The van der Waals surface area contributed by atoms with Crippen LogP contribution in [0.3, 0.4) is 0 Å². The normalized spacial score (nSPS) is 18.3. The van der Waals surface area contributed by atoms with Gasteiger partial charge in [-0.1, -0.05) is 29.3 Å². The van der Waals surface area contributed by atoms with Crippen molar-refractivity contribution in [3.63, 3.8) is 0 Å². The molecule has 0 radical (unpaired) electrons. The van der Waals surface area contributed by atoms with Crippen molar-refractivity contribution in [2.75, 3.05) is 18.5 Å². The third-order valence-corrected chi connectivity index (χ3v) is 6.46. The third-order valence-electron chi connectivity index (χ3n) is 4.65. The zero-order chi connectivity index (χ0) is 19.1. The molecule has 2 aliphatic rings. The number of thiophene rings is 1. The van der Waals surface area contributed by atoms with Crippen LogP contribution in [0, 0.1) is 0 Å². The molecule has 0 aliphatic carbocycles. The van der Waals surface area contributed by atoms with Crippen molar-refractivity contribution in [1.29, 1.82) is 0 Å². The number of rotatable bonds is 2. The smallest absolute Gasteiger partial charge is 0.410 e. The van der Waals surface area contributed by atoms with Gasteiger partial charge in [-0.2, -0.15) is 0 Å². The van der Waals surface area contributed by atoms with Crippen molar-refractivity contribution in [3.05, 3.63) is 49.8 Å². The van der Waals surface area contributed by atoms with Gasteiger partial charge in [0.2, 0.25) is 0 Å². The summed E-state index contributed by atoms with van der Waals surface area (Å²) in [4.78, 5) is 27.5. The molecule has 0 fully saturated rings. The standard InChI is InChI=1S/C18H17Cl2N3O3S/c1-2-26-18(25)23-7-6-9-12(8-23)27-17-13(9)16(24)21-15(22-17)14-10(19)4-3-5-11(14)20/h3-5,15,22H,2,6-8H2,1H3,(H,21,24)/t15-/m1/s1. The molecule has 1 aromatic heterocycles. The number of fused-ring (bicyclic) bond motifs is 3. The Labute approximate surface area is 170 Å². The largest absolute Gasteiger partial charge is 0.450 e. The number of hydrogen-bond donors (Lipinski definition) is 2. The Kier molecular flexibility index (Phi) is 4.92. The second kappa shape index (κ2) is 7.22. The number of anilines is 1. The highest BCUT2D eigenvalue weighted by Gasteiger charge is 2.35. The molecule has 2 aromatic rings. The second-order valence-corrected chi connectivity index (χ2v) is 8.18. The fraction of sp³-hybridized carbons (Fsp3) is 0.333. The molecule has 1 aromatic carbocycles. The van der Waals surface area contributed by atoms with E-state index in [0.717, 1.165) is 15.4 Å². The lowest BCUT2D eigenvalue weighted by atomic mass is 10.0. The van der Waals surface area contributed by atoms with Crippen LogP contribution in [0.1, 0.15) is 39.5 Å². The average molecular weight is 426 g/mol. The summed E-state index contributed by atoms with van der Waals surface area (Å²) in [6.45, 7) is 3.10. The molecule has 2 aliphatic heterocycles. The first-order valence-electron chi connectivity index (χ1n) is 8.57. The van der Waals surface area contributed by atoms with Crippen LogP contribution in [-0.4, -0.2) is 30.1 Å². The summed E-state index contributed by atoms with van der Waals surface area (Å²) in [5.74, 6) is -0.160. The van der Waals surface area contributed by atoms with Gasteiger partial charge in [-0.05, 0) is 31.0 Å². The van der Waals surface area contributed by atoms with Crippen LogP contribution in [0.15, 0.2) is 18.2 Å². The summed E-state index contributed by atoms with van der Waals surface area (Å²) < 4.78 is 5.09.